The van der Waals surface area contributed by atoms with Gasteiger partial charge in [-0.15, -0.1) is 10.2 Å². The summed E-state index contributed by atoms with van der Waals surface area (Å²) in [6.07, 6.45) is 0. The van der Waals surface area contributed by atoms with E-state index < -0.39 is 0 Å². The molecule has 0 radical (unpaired) electrons. The smallest absolute Gasteiger partial charge is 0.206 e. The quantitative estimate of drug-likeness (QED) is 0.796. The lowest BCUT2D eigenvalue weighted by Gasteiger charge is -2.00. The minimum absolute atomic E-state index is 0.643. The van der Waals surface area contributed by atoms with Gasteiger partial charge in [-0.2, -0.15) is 0 Å². The maximum absolute atomic E-state index is 5.14. The molecule has 3 aromatic rings. The average Bonchev–Trinajstić information content (AvgIpc) is 3.06. The Kier molecular flexibility index (Phi) is 3.47. The third-order valence-corrected chi connectivity index (χ3v) is 3.97. The largest absolute Gasteiger partial charge is 0.361 e. The normalized spacial score (nSPS) is 10.7. The molecular formula is C14H14N4OS. The molecule has 0 amide bonds. The highest BCUT2D eigenvalue weighted by molar-refractivity contribution is 7.18. The van der Waals surface area contributed by atoms with Crippen molar-refractivity contribution in [3.05, 3.63) is 47.3 Å². The third kappa shape index (κ3) is 2.55. The van der Waals surface area contributed by atoms with Crippen LogP contribution in [0.5, 0.6) is 0 Å². The van der Waals surface area contributed by atoms with Crippen molar-refractivity contribution >= 4 is 16.5 Å². The highest BCUT2D eigenvalue weighted by Crippen LogP contribution is 2.26. The molecule has 0 aliphatic rings. The molecule has 0 fully saturated rings. The van der Waals surface area contributed by atoms with Crippen LogP contribution in [0.4, 0.5) is 5.13 Å². The van der Waals surface area contributed by atoms with Crippen molar-refractivity contribution in [1.29, 1.82) is 0 Å². The van der Waals surface area contributed by atoms with Crippen LogP contribution in [-0.4, -0.2) is 15.4 Å². The minimum Gasteiger partial charge on any atom is -0.361 e. The fourth-order valence-electron chi connectivity index (χ4n) is 1.91. The van der Waals surface area contributed by atoms with Crippen LogP contribution in [0.15, 0.2) is 34.9 Å². The zero-order chi connectivity index (χ0) is 13.9. The maximum Gasteiger partial charge on any atom is 0.206 e. The molecule has 20 heavy (non-hydrogen) atoms. The van der Waals surface area contributed by atoms with Gasteiger partial charge in [-0.1, -0.05) is 46.8 Å². The van der Waals surface area contributed by atoms with E-state index in [1.54, 1.807) is 0 Å². The highest BCUT2D eigenvalue weighted by atomic mass is 32.1. The molecule has 0 bridgehead atoms. The Bertz CT molecular complexity index is 686. The van der Waals surface area contributed by atoms with Gasteiger partial charge in [0.25, 0.3) is 0 Å². The van der Waals surface area contributed by atoms with Gasteiger partial charge in [0.1, 0.15) is 10.8 Å². The Balaban J connectivity index is 1.72. The molecule has 6 heteroatoms. The molecule has 0 saturated carbocycles. The fraction of sp³-hybridized carbons (Fsp3) is 0.214. The molecule has 0 aliphatic carbocycles. The van der Waals surface area contributed by atoms with Crippen LogP contribution >= 0.6 is 11.3 Å². The van der Waals surface area contributed by atoms with Crippen LogP contribution in [0.1, 0.15) is 17.0 Å². The zero-order valence-corrected chi connectivity index (χ0v) is 12.1. The number of anilines is 1. The number of aryl methyl sites for hydroxylation is 2. The Hall–Kier alpha value is -2.21. The standard InChI is InChI=1S/C14H14N4OS/c1-9-12(10(2)19-18-9)8-15-14-17-16-13(20-14)11-6-4-3-5-7-11/h3-7H,8H2,1-2H3,(H,15,17). The second-order valence-electron chi connectivity index (χ2n) is 4.43. The third-order valence-electron chi connectivity index (χ3n) is 3.04. The zero-order valence-electron chi connectivity index (χ0n) is 11.3. The number of rotatable bonds is 4. The lowest BCUT2D eigenvalue weighted by molar-refractivity contribution is 0.392. The van der Waals surface area contributed by atoms with Crippen molar-refractivity contribution in [1.82, 2.24) is 15.4 Å². The molecule has 0 aliphatic heterocycles. The van der Waals surface area contributed by atoms with E-state index in [4.69, 9.17) is 4.52 Å². The number of nitrogens with zero attached hydrogens (tertiary/aromatic N) is 3. The SMILES string of the molecule is Cc1noc(C)c1CNc1nnc(-c2ccccc2)s1. The summed E-state index contributed by atoms with van der Waals surface area (Å²) in [5.41, 5.74) is 3.06. The van der Waals surface area contributed by atoms with Gasteiger partial charge in [-0.25, -0.2) is 0 Å². The van der Waals surface area contributed by atoms with Crippen LogP contribution in [0.2, 0.25) is 0 Å². The van der Waals surface area contributed by atoms with Gasteiger partial charge in [-0.3, -0.25) is 0 Å². The Morgan fingerprint density at radius 2 is 1.95 bits per heavy atom. The first-order valence-electron chi connectivity index (χ1n) is 6.28. The first-order valence-corrected chi connectivity index (χ1v) is 7.10. The minimum atomic E-state index is 0.643. The highest BCUT2D eigenvalue weighted by Gasteiger charge is 2.10. The Morgan fingerprint density at radius 3 is 2.65 bits per heavy atom. The summed E-state index contributed by atoms with van der Waals surface area (Å²) in [4.78, 5) is 0. The number of benzene rings is 1. The first kappa shape index (κ1) is 12.8. The molecule has 0 unspecified atom stereocenters. The monoisotopic (exact) mass is 286 g/mol. The van der Waals surface area contributed by atoms with Gasteiger partial charge in [0.05, 0.1) is 5.69 Å². The van der Waals surface area contributed by atoms with Crippen molar-refractivity contribution in [2.24, 2.45) is 0 Å². The van der Waals surface area contributed by atoms with E-state index in [0.717, 1.165) is 32.7 Å². The van der Waals surface area contributed by atoms with Crippen LogP contribution < -0.4 is 5.32 Å². The summed E-state index contributed by atoms with van der Waals surface area (Å²) in [6.45, 7) is 4.49. The second kappa shape index (κ2) is 5.42. The average molecular weight is 286 g/mol. The maximum atomic E-state index is 5.14. The summed E-state index contributed by atoms with van der Waals surface area (Å²) < 4.78 is 5.14. The predicted octanol–water partition coefficient (Wildman–Crippen LogP) is 3.42. The van der Waals surface area contributed by atoms with Crippen molar-refractivity contribution in [3.8, 4) is 10.6 Å². The molecule has 3 rings (SSSR count). The van der Waals surface area contributed by atoms with Gasteiger partial charge < -0.3 is 9.84 Å². The van der Waals surface area contributed by atoms with Crippen molar-refractivity contribution < 1.29 is 4.52 Å². The second-order valence-corrected chi connectivity index (χ2v) is 5.41. The van der Waals surface area contributed by atoms with Crippen molar-refractivity contribution in [3.63, 3.8) is 0 Å². The number of hydrogen-bond donors (Lipinski definition) is 1. The van der Waals surface area contributed by atoms with Crippen molar-refractivity contribution in [2.75, 3.05) is 5.32 Å². The number of hydrogen-bond acceptors (Lipinski definition) is 6. The van der Waals surface area contributed by atoms with Gasteiger partial charge in [-0.05, 0) is 13.8 Å². The number of aromatic nitrogens is 3. The number of nitrogens with one attached hydrogen (secondary N) is 1. The molecule has 1 N–H and O–H groups in total. The summed E-state index contributed by atoms with van der Waals surface area (Å²) in [6, 6.07) is 10.0. The van der Waals surface area contributed by atoms with E-state index in [2.05, 4.69) is 20.7 Å². The van der Waals surface area contributed by atoms with Gasteiger partial charge in [0.15, 0.2) is 0 Å². The summed E-state index contributed by atoms with van der Waals surface area (Å²) in [5.74, 6) is 0.836. The van der Waals surface area contributed by atoms with Crippen LogP contribution in [0.25, 0.3) is 10.6 Å². The van der Waals surface area contributed by atoms with E-state index >= 15 is 0 Å². The van der Waals surface area contributed by atoms with Gasteiger partial charge in [0, 0.05) is 17.7 Å². The van der Waals surface area contributed by atoms with Gasteiger partial charge >= 0.3 is 0 Å². The molecule has 2 aromatic heterocycles. The van der Waals surface area contributed by atoms with E-state index in [9.17, 15) is 0 Å². The van der Waals surface area contributed by atoms with E-state index in [1.165, 1.54) is 11.3 Å². The summed E-state index contributed by atoms with van der Waals surface area (Å²) >= 11 is 1.54. The van der Waals surface area contributed by atoms with Crippen LogP contribution in [-0.2, 0) is 6.54 Å². The Morgan fingerprint density at radius 1 is 1.15 bits per heavy atom. The molecule has 5 nitrogen and oxygen atoms in total. The molecular weight excluding hydrogens is 272 g/mol. The molecule has 2 heterocycles. The summed E-state index contributed by atoms with van der Waals surface area (Å²) in [7, 11) is 0. The fourth-order valence-corrected chi connectivity index (χ4v) is 2.66. The Labute approximate surface area is 120 Å². The lowest BCUT2D eigenvalue weighted by atomic mass is 10.2. The van der Waals surface area contributed by atoms with Crippen molar-refractivity contribution in [2.45, 2.75) is 20.4 Å². The van der Waals surface area contributed by atoms with Gasteiger partial charge in [0.2, 0.25) is 5.13 Å². The van der Waals surface area contributed by atoms with Crippen LogP contribution in [0, 0.1) is 13.8 Å². The topological polar surface area (TPSA) is 63.8 Å². The van der Waals surface area contributed by atoms with Crippen LogP contribution in [0.3, 0.4) is 0 Å². The van der Waals surface area contributed by atoms with E-state index in [-0.39, 0.29) is 0 Å². The predicted molar refractivity (Wildman–Crippen MR) is 78.6 cm³/mol. The first-order chi connectivity index (χ1) is 9.74. The molecule has 1 aromatic carbocycles. The molecule has 102 valence electrons. The molecule has 0 atom stereocenters. The van der Waals surface area contributed by atoms with E-state index in [0.29, 0.717) is 6.54 Å². The summed E-state index contributed by atoms with van der Waals surface area (Å²) in [5, 5.41) is 17.3. The molecule has 0 saturated heterocycles. The molecule has 0 spiro atoms. The lowest BCUT2D eigenvalue weighted by Crippen LogP contribution is -2.00. The van der Waals surface area contributed by atoms with E-state index in [1.807, 2.05) is 44.2 Å².